The van der Waals surface area contributed by atoms with Gasteiger partial charge in [-0.25, -0.2) is 15.0 Å². The van der Waals surface area contributed by atoms with Crippen molar-refractivity contribution in [3.8, 4) is 46.0 Å². The molecule has 3 aromatic carbocycles. The second kappa shape index (κ2) is 11.7. The van der Waals surface area contributed by atoms with Gasteiger partial charge in [0.1, 0.15) is 17.4 Å². The van der Waals surface area contributed by atoms with Gasteiger partial charge in [-0.2, -0.15) is 15.0 Å². The van der Waals surface area contributed by atoms with Crippen LogP contribution >= 0.6 is 0 Å². The first-order chi connectivity index (χ1) is 22.5. The van der Waals surface area contributed by atoms with Crippen LogP contribution in [0.3, 0.4) is 0 Å². The summed E-state index contributed by atoms with van der Waals surface area (Å²) in [6.07, 6.45) is 1.64. The number of nitrogens with one attached hydrogen (secondary N) is 1. The van der Waals surface area contributed by atoms with Crippen LogP contribution < -0.4 is 11.1 Å². The Morgan fingerprint density at radius 1 is 0.891 bits per heavy atom. The number of fused-ring (bicyclic) bond motifs is 1. The van der Waals surface area contributed by atoms with Crippen molar-refractivity contribution in [2.45, 2.75) is 6.54 Å². The van der Waals surface area contributed by atoms with Gasteiger partial charge in [-0.05, 0) is 66.2 Å². The van der Waals surface area contributed by atoms with E-state index in [0.717, 1.165) is 22.5 Å². The van der Waals surface area contributed by atoms with E-state index < -0.39 is 0 Å². The highest BCUT2D eigenvalue weighted by molar-refractivity contribution is 5.94. The lowest BCUT2D eigenvalue weighted by atomic mass is 10.1. The second-order valence-electron chi connectivity index (χ2n) is 10.4. The van der Waals surface area contributed by atoms with Crippen LogP contribution in [0.25, 0.3) is 45.2 Å². The molecule has 0 unspecified atom stereocenters. The summed E-state index contributed by atoms with van der Waals surface area (Å²) in [5.74, 6) is 0.563. The Hall–Kier alpha value is -6.80. The lowest BCUT2D eigenvalue weighted by molar-refractivity contribution is 0.0951. The Bertz CT molecular complexity index is 2250. The number of pyridine rings is 2. The molecular formula is C35H25N9O2. The number of rotatable bonds is 7. The number of benzene rings is 3. The van der Waals surface area contributed by atoms with Gasteiger partial charge in [0.2, 0.25) is 5.88 Å². The van der Waals surface area contributed by atoms with Gasteiger partial charge in [0.15, 0.2) is 17.2 Å². The molecule has 4 aromatic heterocycles. The molecule has 0 aliphatic heterocycles. The van der Waals surface area contributed by atoms with E-state index in [9.17, 15) is 9.90 Å². The van der Waals surface area contributed by atoms with E-state index in [0.29, 0.717) is 46.2 Å². The van der Waals surface area contributed by atoms with Crippen LogP contribution in [0.1, 0.15) is 21.6 Å². The van der Waals surface area contributed by atoms with Gasteiger partial charge in [0, 0.05) is 35.6 Å². The summed E-state index contributed by atoms with van der Waals surface area (Å²) < 4.78 is 3.20. The maximum atomic E-state index is 12.9. The number of nitrogen functional groups attached to an aromatic ring is 1. The molecule has 7 rings (SSSR count). The standard InChI is InChI=1S/C35H25N9O2/c36-20-25-19-31(45)44(42-25)27-14-10-24(11-15-27)35(46)39-21-22-8-12-26(13-9-22)43-33(28-7-4-18-38-32(28)37)41-30-17-16-29(40-34(30)43)23-5-2-1-3-6-23/h1-19,45H,21H2,(H2,37,38)(H,39,46). The van der Waals surface area contributed by atoms with Crippen molar-refractivity contribution in [3.05, 3.63) is 132 Å². The van der Waals surface area contributed by atoms with Crippen molar-refractivity contribution >= 4 is 22.9 Å². The number of aromatic hydroxyl groups is 1. The highest BCUT2D eigenvalue weighted by Gasteiger charge is 2.19. The molecule has 11 heteroatoms. The van der Waals surface area contributed by atoms with Crippen LogP contribution in [-0.2, 0) is 6.54 Å². The Kier molecular flexibility index (Phi) is 7.13. The lowest BCUT2D eigenvalue weighted by Gasteiger charge is -2.12. The fourth-order valence-electron chi connectivity index (χ4n) is 5.18. The van der Waals surface area contributed by atoms with Gasteiger partial charge in [0.05, 0.1) is 16.9 Å². The van der Waals surface area contributed by atoms with Crippen molar-refractivity contribution in [1.82, 2.24) is 34.6 Å². The van der Waals surface area contributed by atoms with Gasteiger partial charge < -0.3 is 16.2 Å². The Labute approximate surface area is 262 Å². The summed E-state index contributed by atoms with van der Waals surface area (Å²) in [4.78, 5) is 27.1. The molecule has 0 aliphatic carbocycles. The maximum absolute atomic E-state index is 12.9. The van der Waals surface area contributed by atoms with Gasteiger partial charge in [0.25, 0.3) is 5.91 Å². The van der Waals surface area contributed by atoms with Gasteiger partial charge in [-0.1, -0.05) is 42.5 Å². The van der Waals surface area contributed by atoms with Gasteiger partial charge in [-0.3, -0.25) is 9.36 Å². The molecular weight excluding hydrogens is 578 g/mol. The number of hydrogen-bond acceptors (Lipinski definition) is 8. The van der Waals surface area contributed by atoms with Crippen LogP contribution in [0, 0.1) is 11.3 Å². The summed E-state index contributed by atoms with van der Waals surface area (Å²) in [5.41, 5.74) is 13.0. The average molecular weight is 604 g/mol. The summed E-state index contributed by atoms with van der Waals surface area (Å²) in [7, 11) is 0. The SMILES string of the molecule is N#Cc1cc(O)n(-c2ccc(C(=O)NCc3ccc(-n4c(-c5cccnc5N)nc5ccc(-c6ccccc6)nc54)cc3)cc2)n1. The van der Waals surface area contributed by atoms with Crippen molar-refractivity contribution in [1.29, 1.82) is 5.26 Å². The smallest absolute Gasteiger partial charge is 0.251 e. The Morgan fingerprint density at radius 2 is 1.65 bits per heavy atom. The zero-order valence-corrected chi connectivity index (χ0v) is 24.2. The van der Waals surface area contributed by atoms with Crippen LogP contribution in [0.5, 0.6) is 5.88 Å². The molecule has 0 bridgehead atoms. The third-order valence-electron chi connectivity index (χ3n) is 7.48. The van der Waals surface area contributed by atoms with Crippen molar-refractivity contribution in [3.63, 3.8) is 0 Å². The normalized spacial score (nSPS) is 10.9. The molecule has 46 heavy (non-hydrogen) atoms. The molecule has 0 saturated carbocycles. The molecule has 0 aliphatic rings. The topological polar surface area (TPSA) is 161 Å². The number of carbonyl (C=O) groups excluding carboxylic acids is 1. The number of anilines is 1. The quantitative estimate of drug-likeness (QED) is 0.218. The third-order valence-corrected chi connectivity index (χ3v) is 7.48. The number of hydrogen-bond donors (Lipinski definition) is 3. The molecule has 0 saturated heterocycles. The Morgan fingerprint density at radius 3 is 2.37 bits per heavy atom. The minimum atomic E-state index is -0.259. The van der Waals surface area contributed by atoms with Crippen molar-refractivity contribution in [2.24, 2.45) is 0 Å². The van der Waals surface area contributed by atoms with Crippen LogP contribution in [0.15, 0.2) is 115 Å². The van der Waals surface area contributed by atoms with Gasteiger partial charge in [-0.15, -0.1) is 0 Å². The minimum absolute atomic E-state index is 0.0946. The number of nitriles is 1. The monoisotopic (exact) mass is 603 g/mol. The zero-order chi connectivity index (χ0) is 31.6. The highest BCUT2D eigenvalue weighted by atomic mass is 16.3. The van der Waals surface area contributed by atoms with E-state index in [-0.39, 0.29) is 17.5 Å². The number of carbonyl (C=O) groups is 1. The number of nitrogens with zero attached hydrogens (tertiary/aromatic N) is 7. The van der Waals surface area contributed by atoms with Crippen LogP contribution in [0.2, 0.25) is 0 Å². The van der Waals surface area contributed by atoms with Gasteiger partial charge >= 0.3 is 0 Å². The van der Waals surface area contributed by atoms with E-state index >= 15 is 0 Å². The van der Waals surface area contributed by atoms with Crippen LogP contribution in [-0.4, -0.2) is 40.3 Å². The summed E-state index contributed by atoms with van der Waals surface area (Å²) in [6, 6.07) is 35.1. The molecule has 11 nitrogen and oxygen atoms in total. The molecule has 4 N–H and O–H groups in total. The van der Waals surface area contributed by atoms with Crippen molar-refractivity contribution < 1.29 is 9.90 Å². The number of nitrogens with two attached hydrogens (primary N) is 1. The number of amides is 1. The predicted molar refractivity (Wildman–Crippen MR) is 173 cm³/mol. The third kappa shape index (κ3) is 5.27. The zero-order valence-electron chi connectivity index (χ0n) is 24.2. The molecule has 7 aromatic rings. The van der Waals surface area contributed by atoms with Crippen molar-refractivity contribution in [2.75, 3.05) is 5.73 Å². The van der Waals surface area contributed by atoms with E-state index in [2.05, 4.69) is 15.4 Å². The molecule has 0 atom stereocenters. The van der Waals surface area contributed by atoms with Crippen LogP contribution in [0.4, 0.5) is 5.82 Å². The predicted octanol–water partition coefficient (Wildman–Crippen LogP) is 5.42. The summed E-state index contributed by atoms with van der Waals surface area (Å²) in [5, 5.41) is 26.0. The van der Waals surface area contributed by atoms with E-state index in [1.165, 1.54) is 10.7 Å². The van der Waals surface area contributed by atoms with E-state index in [4.69, 9.17) is 21.0 Å². The molecule has 1 amide bonds. The first-order valence-electron chi connectivity index (χ1n) is 14.3. The number of aromatic nitrogens is 6. The first-order valence-corrected chi connectivity index (χ1v) is 14.3. The molecule has 0 radical (unpaired) electrons. The average Bonchev–Trinajstić information content (AvgIpc) is 3.68. The largest absolute Gasteiger partial charge is 0.493 e. The fraction of sp³-hybridized carbons (Fsp3) is 0.0286. The minimum Gasteiger partial charge on any atom is -0.493 e. The highest BCUT2D eigenvalue weighted by Crippen LogP contribution is 2.31. The maximum Gasteiger partial charge on any atom is 0.251 e. The Balaban J connectivity index is 1.15. The second-order valence-corrected chi connectivity index (χ2v) is 10.4. The first kappa shape index (κ1) is 28.0. The van der Waals surface area contributed by atoms with E-state index in [1.54, 1.807) is 30.5 Å². The van der Waals surface area contributed by atoms with E-state index in [1.807, 2.05) is 89.5 Å². The summed E-state index contributed by atoms with van der Waals surface area (Å²) >= 11 is 0. The molecule has 0 fully saturated rings. The molecule has 0 spiro atoms. The number of imidazole rings is 1. The summed E-state index contributed by atoms with van der Waals surface area (Å²) in [6.45, 7) is 0.301. The fourth-order valence-corrected chi connectivity index (χ4v) is 5.18. The molecule has 4 heterocycles. The molecule has 222 valence electrons. The lowest BCUT2D eigenvalue weighted by Crippen LogP contribution is -2.22.